The number of rotatable bonds is 6. The second kappa shape index (κ2) is 8.22. The molecule has 7 heteroatoms. The van der Waals surface area contributed by atoms with Crippen molar-refractivity contribution >= 4 is 12.0 Å². The molecule has 140 valence electrons. The van der Waals surface area contributed by atoms with Crippen molar-refractivity contribution < 1.29 is 19.0 Å². The quantitative estimate of drug-likeness (QED) is 0.374. The number of allylic oxidation sites excluding steroid dienone is 2. The molecule has 7 nitrogen and oxygen atoms in total. The van der Waals surface area contributed by atoms with E-state index in [4.69, 9.17) is 14.2 Å². The van der Waals surface area contributed by atoms with Crippen LogP contribution in [0.25, 0.3) is 11.8 Å². The van der Waals surface area contributed by atoms with Gasteiger partial charge in [-0.2, -0.15) is 0 Å². The molecule has 28 heavy (non-hydrogen) atoms. The highest BCUT2D eigenvalue weighted by molar-refractivity contribution is 5.82. The van der Waals surface area contributed by atoms with Gasteiger partial charge in [0.25, 0.3) is 0 Å². The predicted octanol–water partition coefficient (Wildman–Crippen LogP) is 3.31. The van der Waals surface area contributed by atoms with Crippen molar-refractivity contribution in [2.24, 2.45) is 0 Å². The van der Waals surface area contributed by atoms with E-state index >= 15 is 0 Å². The van der Waals surface area contributed by atoms with Crippen LogP contribution in [0.5, 0.6) is 11.5 Å². The van der Waals surface area contributed by atoms with Crippen molar-refractivity contribution in [3.63, 3.8) is 0 Å². The maximum atomic E-state index is 11.8. The number of hydrogen-bond acceptors (Lipinski definition) is 6. The van der Waals surface area contributed by atoms with E-state index in [1.165, 1.54) is 6.08 Å². The van der Waals surface area contributed by atoms with Gasteiger partial charge < -0.3 is 14.2 Å². The summed E-state index contributed by atoms with van der Waals surface area (Å²) in [5.74, 6) is 0.999. The smallest absolute Gasteiger partial charge is 0.331 e. The summed E-state index contributed by atoms with van der Waals surface area (Å²) in [6.07, 6.45) is 8.31. The number of carbonyl (C=O) groups is 1. The Labute approximate surface area is 161 Å². The summed E-state index contributed by atoms with van der Waals surface area (Å²) < 4.78 is 17.4. The highest BCUT2D eigenvalue weighted by Crippen LogP contribution is 2.32. The number of esters is 1. The molecule has 0 N–H and O–H groups in total. The lowest BCUT2D eigenvalue weighted by Crippen LogP contribution is -2.00. The minimum atomic E-state index is -0.454. The zero-order valence-corrected chi connectivity index (χ0v) is 14.9. The summed E-state index contributed by atoms with van der Waals surface area (Å²) in [5.41, 5.74) is 2.41. The van der Waals surface area contributed by atoms with Gasteiger partial charge in [0.05, 0.1) is 11.9 Å². The summed E-state index contributed by atoms with van der Waals surface area (Å²) in [5, 5.41) is 8.03. The van der Waals surface area contributed by atoms with E-state index in [0.29, 0.717) is 11.4 Å². The topological polar surface area (TPSA) is 75.5 Å². The SMILES string of the molecule is O=C(/C=C/C=C/c1ccc2c(c1)OCO2)OCc1cn(-c2ccccc2)nn1. The number of carbonyl (C=O) groups excluding carboxylic acids is 1. The number of nitrogens with zero attached hydrogens (tertiary/aromatic N) is 3. The molecule has 1 aliphatic heterocycles. The lowest BCUT2D eigenvalue weighted by Gasteiger charge is -1.98. The first-order valence-electron chi connectivity index (χ1n) is 8.66. The van der Waals surface area contributed by atoms with Crippen LogP contribution in [0, 0.1) is 0 Å². The molecule has 0 radical (unpaired) electrons. The van der Waals surface area contributed by atoms with Crippen LogP contribution in [0.4, 0.5) is 0 Å². The number of ether oxygens (including phenoxy) is 3. The van der Waals surface area contributed by atoms with Gasteiger partial charge >= 0.3 is 5.97 Å². The Hall–Kier alpha value is -3.87. The van der Waals surface area contributed by atoms with Gasteiger partial charge in [0.2, 0.25) is 6.79 Å². The van der Waals surface area contributed by atoms with E-state index in [2.05, 4.69) is 10.3 Å². The number of benzene rings is 2. The lowest BCUT2D eigenvalue weighted by molar-refractivity contribution is -0.139. The molecule has 0 aliphatic carbocycles. The predicted molar refractivity (Wildman–Crippen MR) is 102 cm³/mol. The highest BCUT2D eigenvalue weighted by atomic mass is 16.7. The third-order valence-electron chi connectivity index (χ3n) is 3.95. The van der Waals surface area contributed by atoms with E-state index in [9.17, 15) is 4.79 Å². The molecule has 3 aromatic rings. The largest absolute Gasteiger partial charge is 0.456 e. The number of aromatic nitrogens is 3. The van der Waals surface area contributed by atoms with Crippen LogP contribution in [0.1, 0.15) is 11.3 Å². The molecular weight excluding hydrogens is 358 g/mol. The Morgan fingerprint density at radius 3 is 2.86 bits per heavy atom. The molecule has 0 atom stereocenters. The molecule has 0 spiro atoms. The van der Waals surface area contributed by atoms with E-state index in [-0.39, 0.29) is 13.4 Å². The third kappa shape index (κ3) is 4.27. The Bertz CT molecular complexity index is 1030. The first-order chi connectivity index (χ1) is 13.8. The maximum absolute atomic E-state index is 11.8. The summed E-state index contributed by atoms with van der Waals surface area (Å²) in [4.78, 5) is 11.8. The van der Waals surface area contributed by atoms with Gasteiger partial charge in [0, 0.05) is 6.08 Å². The fourth-order valence-electron chi connectivity index (χ4n) is 2.58. The van der Waals surface area contributed by atoms with Crippen molar-refractivity contribution in [1.29, 1.82) is 0 Å². The van der Waals surface area contributed by atoms with Crippen LogP contribution >= 0.6 is 0 Å². The van der Waals surface area contributed by atoms with Gasteiger partial charge in [-0.05, 0) is 29.8 Å². The van der Waals surface area contributed by atoms with E-state index < -0.39 is 5.97 Å². The van der Waals surface area contributed by atoms with Crippen molar-refractivity contribution in [3.05, 3.63) is 84.2 Å². The summed E-state index contributed by atoms with van der Waals surface area (Å²) >= 11 is 0. The third-order valence-corrected chi connectivity index (χ3v) is 3.95. The van der Waals surface area contributed by atoms with E-state index in [0.717, 1.165) is 17.0 Å². The second-order valence-corrected chi connectivity index (χ2v) is 5.93. The number of hydrogen-bond donors (Lipinski definition) is 0. The molecule has 0 saturated carbocycles. The van der Waals surface area contributed by atoms with Gasteiger partial charge in [0.1, 0.15) is 12.3 Å². The van der Waals surface area contributed by atoms with Crippen molar-refractivity contribution in [3.8, 4) is 17.2 Å². The van der Waals surface area contributed by atoms with Crippen LogP contribution in [-0.2, 0) is 16.1 Å². The average molecular weight is 375 g/mol. The zero-order chi connectivity index (χ0) is 19.2. The van der Waals surface area contributed by atoms with Crippen LogP contribution in [0.15, 0.2) is 73.0 Å². The molecule has 4 rings (SSSR count). The van der Waals surface area contributed by atoms with Crippen LogP contribution < -0.4 is 9.47 Å². The van der Waals surface area contributed by atoms with Crippen LogP contribution in [0.2, 0.25) is 0 Å². The van der Waals surface area contributed by atoms with Gasteiger partial charge in [-0.15, -0.1) is 5.10 Å². The van der Waals surface area contributed by atoms with Gasteiger partial charge in [-0.3, -0.25) is 0 Å². The molecule has 0 bridgehead atoms. The minimum absolute atomic E-state index is 0.0574. The van der Waals surface area contributed by atoms with Crippen molar-refractivity contribution in [2.45, 2.75) is 6.61 Å². The summed E-state index contributed by atoms with van der Waals surface area (Å²) in [6.45, 7) is 0.301. The molecule has 2 aromatic carbocycles. The van der Waals surface area contributed by atoms with Gasteiger partial charge in [0.15, 0.2) is 11.5 Å². The molecule has 1 aliphatic rings. The zero-order valence-electron chi connectivity index (χ0n) is 14.9. The molecule has 0 saturated heterocycles. The second-order valence-electron chi connectivity index (χ2n) is 5.93. The summed E-state index contributed by atoms with van der Waals surface area (Å²) in [6, 6.07) is 15.2. The average Bonchev–Trinajstić information content (AvgIpc) is 3.39. The monoisotopic (exact) mass is 375 g/mol. The Morgan fingerprint density at radius 2 is 1.96 bits per heavy atom. The lowest BCUT2D eigenvalue weighted by atomic mass is 10.2. The normalized spacial score (nSPS) is 12.7. The maximum Gasteiger partial charge on any atom is 0.331 e. The van der Waals surface area contributed by atoms with Crippen molar-refractivity contribution in [2.75, 3.05) is 6.79 Å². The molecule has 0 unspecified atom stereocenters. The van der Waals surface area contributed by atoms with E-state index in [1.807, 2.05) is 54.6 Å². The van der Waals surface area contributed by atoms with Gasteiger partial charge in [-0.25, -0.2) is 9.48 Å². The molecule has 2 heterocycles. The van der Waals surface area contributed by atoms with E-state index in [1.54, 1.807) is 23.0 Å². The Kier molecular flexibility index (Phi) is 5.15. The molecule has 0 amide bonds. The minimum Gasteiger partial charge on any atom is -0.456 e. The molecule has 0 fully saturated rings. The number of fused-ring (bicyclic) bond motifs is 1. The Morgan fingerprint density at radius 1 is 1.11 bits per heavy atom. The fourth-order valence-corrected chi connectivity index (χ4v) is 2.58. The molecule has 1 aromatic heterocycles. The first-order valence-corrected chi connectivity index (χ1v) is 8.66. The Balaban J connectivity index is 1.27. The fraction of sp³-hybridized carbons (Fsp3) is 0.0952. The first kappa shape index (κ1) is 17.5. The standard InChI is InChI=1S/C21H17N3O4/c25-21(9-5-4-6-16-10-11-19-20(12-16)28-15-27-19)26-14-17-13-24(23-22-17)18-7-2-1-3-8-18/h1-13H,14-15H2/b6-4+,9-5+. The van der Waals surface area contributed by atoms with Crippen LogP contribution in [0.3, 0.4) is 0 Å². The highest BCUT2D eigenvalue weighted by Gasteiger charge is 2.12. The summed E-state index contributed by atoms with van der Waals surface area (Å²) in [7, 11) is 0. The van der Waals surface area contributed by atoms with Crippen molar-refractivity contribution in [1.82, 2.24) is 15.0 Å². The number of para-hydroxylation sites is 1. The molecular formula is C21H17N3O4. The van der Waals surface area contributed by atoms with Gasteiger partial charge in [-0.1, -0.05) is 47.7 Å². The van der Waals surface area contributed by atoms with Crippen LogP contribution in [-0.4, -0.2) is 27.8 Å².